The highest BCUT2D eigenvalue weighted by Crippen LogP contribution is 2.30. The first kappa shape index (κ1) is 14.9. The van der Waals surface area contributed by atoms with Gasteiger partial charge in [-0.05, 0) is 31.2 Å². The first-order chi connectivity index (χ1) is 9.88. The second-order valence-electron chi connectivity index (χ2n) is 4.17. The van der Waals surface area contributed by atoms with Crippen molar-refractivity contribution < 1.29 is 18.8 Å². The van der Waals surface area contributed by atoms with Crippen molar-refractivity contribution in [3.8, 4) is 11.5 Å². The lowest BCUT2D eigenvalue weighted by atomic mass is 10.1. The van der Waals surface area contributed by atoms with E-state index in [4.69, 9.17) is 16.3 Å². The van der Waals surface area contributed by atoms with Crippen LogP contribution in [0.2, 0.25) is 5.02 Å². The average Bonchev–Trinajstić information content (AvgIpc) is 2.42. The summed E-state index contributed by atoms with van der Waals surface area (Å²) >= 11 is 5.62. The van der Waals surface area contributed by atoms with Crippen molar-refractivity contribution in [2.45, 2.75) is 6.92 Å². The highest BCUT2D eigenvalue weighted by Gasteiger charge is 2.18. The Morgan fingerprint density at radius 1 is 1.24 bits per heavy atom. The maximum Gasteiger partial charge on any atom is 0.283 e. The number of hydrogen-bond donors (Lipinski definition) is 0. The Bertz CT molecular complexity index is 733. The Balaban J connectivity index is 2.36. The maximum atomic E-state index is 13.0. The van der Waals surface area contributed by atoms with Crippen LogP contribution in [-0.2, 0) is 0 Å². The monoisotopic (exact) mass is 309 g/mol. The molecule has 0 aliphatic rings. The fraction of sp³-hybridized carbons (Fsp3) is 0.0714. The first-order valence-corrected chi connectivity index (χ1v) is 6.18. The lowest BCUT2D eigenvalue weighted by Crippen LogP contribution is -2.00. The zero-order valence-corrected chi connectivity index (χ0v) is 11.6. The Hall–Kier alpha value is -2.47. The number of Topliss-reactive ketones (excluding diaryl/α,β-unsaturated/α-hetero) is 1. The number of nitro benzene ring substituents is 1. The van der Waals surface area contributed by atoms with Crippen molar-refractivity contribution in [3.63, 3.8) is 0 Å². The van der Waals surface area contributed by atoms with Gasteiger partial charge in [0, 0.05) is 6.07 Å². The van der Waals surface area contributed by atoms with Crippen molar-refractivity contribution in [3.05, 3.63) is 62.9 Å². The number of rotatable bonds is 4. The molecule has 0 aromatic heterocycles. The van der Waals surface area contributed by atoms with Crippen LogP contribution in [0.5, 0.6) is 11.5 Å². The molecule has 21 heavy (non-hydrogen) atoms. The van der Waals surface area contributed by atoms with Crippen molar-refractivity contribution in [1.29, 1.82) is 0 Å². The van der Waals surface area contributed by atoms with Gasteiger partial charge in [0.1, 0.15) is 17.3 Å². The minimum atomic E-state index is -0.665. The van der Waals surface area contributed by atoms with Crippen LogP contribution in [-0.4, -0.2) is 10.7 Å². The summed E-state index contributed by atoms with van der Waals surface area (Å²) in [4.78, 5) is 21.6. The fourth-order valence-corrected chi connectivity index (χ4v) is 1.87. The average molecular weight is 310 g/mol. The minimum absolute atomic E-state index is 0.00973. The van der Waals surface area contributed by atoms with Gasteiger partial charge in [-0.1, -0.05) is 11.6 Å². The summed E-state index contributed by atoms with van der Waals surface area (Å²) in [5.74, 6) is -0.638. The van der Waals surface area contributed by atoms with Gasteiger partial charge < -0.3 is 4.74 Å². The lowest BCUT2D eigenvalue weighted by Gasteiger charge is -2.07. The molecule has 0 fully saturated rings. The van der Waals surface area contributed by atoms with Crippen molar-refractivity contribution >= 4 is 23.1 Å². The van der Waals surface area contributed by atoms with Crippen LogP contribution >= 0.6 is 11.6 Å². The predicted octanol–water partition coefficient (Wildman–Crippen LogP) is 4.38. The molecule has 108 valence electrons. The number of carbonyl (C=O) groups excluding carboxylic acids is 1. The maximum absolute atomic E-state index is 13.0. The van der Waals surface area contributed by atoms with Crippen LogP contribution in [0.1, 0.15) is 17.3 Å². The van der Waals surface area contributed by atoms with E-state index < -0.39 is 16.5 Å². The van der Waals surface area contributed by atoms with Gasteiger partial charge in [0.15, 0.2) is 5.78 Å². The normalized spacial score (nSPS) is 10.2. The number of hydrogen-bond acceptors (Lipinski definition) is 4. The van der Waals surface area contributed by atoms with Crippen LogP contribution in [0.4, 0.5) is 10.1 Å². The van der Waals surface area contributed by atoms with E-state index in [9.17, 15) is 19.3 Å². The quantitative estimate of drug-likeness (QED) is 0.477. The van der Waals surface area contributed by atoms with Gasteiger partial charge in [0.25, 0.3) is 5.69 Å². The molecular formula is C14H9ClFNO4. The summed E-state index contributed by atoms with van der Waals surface area (Å²) < 4.78 is 18.4. The molecule has 0 aliphatic heterocycles. The van der Waals surface area contributed by atoms with Gasteiger partial charge in [-0.25, -0.2) is 4.39 Å². The van der Waals surface area contributed by atoms with Crippen LogP contribution in [0.15, 0.2) is 36.4 Å². The molecule has 0 spiro atoms. The number of ether oxygens (including phenoxy) is 1. The number of nitrogens with zero attached hydrogens (tertiary/aromatic N) is 1. The smallest absolute Gasteiger partial charge is 0.283 e. The molecule has 0 bridgehead atoms. The standard InChI is InChI=1S/C14H9ClFNO4/c1-8(18)11-4-2-10(7-14(11)17(19)20)21-9-3-5-13(16)12(15)6-9/h2-7H,1H3. The summed E-state index contributed by atoms with van der Waals surface area (Å²) in [7, 11) is 0. The Labute approximate surface area is 124 Å². The molecule has 0 saturated heterocycles. The van der Waals surface area contributed by atoms with E-state index >= 15 is 0 Å². The number of benzene rings is 2. The Kier molecular flexibility index (Phi) is 4.18. The highest BCUT2D eigenvalue weighted by atomic mass is 35.5. The molecule has 0 unspecified atom stereocenters. The summed E-state index contributed by atoms with van der Waals surface area (Å²) in [6.07, 6.45) is 0. The number of halogens is 2. The molecule has 0 amide bonds. The number of ketones is 1. The molecule has 0 aliphatic carbocycles. The molecule has 2 aromatic rings. The van der Waals surface area contributed by atoms with Gasteiger partial charge in [-0.15, -0.1) is 0 Å². The Morgan fingerprint density at radius 3 is 2.43 bits per heavy atom. The van der Waals surface area contributed by atoms with Crippen LogP contribution in [0.3, 0.4) is 0 Å². The second-order valence-corrected chi connectivity index (χ2v) is 4.58. The van der Waals surface area contributed by atoms with Crippen LogP contribution in [0, 0.1) is 15.9 Å². The second kappa shape index (κ2) is 5.88. The molecule has 0 radical (unpaired) electrons. The third-order valence-corrected chi connectivity index (χ3v) is 2.96. The molecule has 2 aromatic carbocycles. The van der Waals surface area contributed by atoms with Crippen LogP contribution < -0.4 is 4.74 Å². The third-order valence-electron chi connectivity index (χ3n) is 2.67. The van der Waals surface area contributed by atoms with Gasteiger partial charge in [0.2, 0.25) is 0 Å². The zero-order valence-electron chi connectivity index (χ0n) is 10.8. The summed E-state index contributed by atoms with van der Waals surface area (Å²) in [6.45, 7) is 1.24. The van der Waals surface area contributed by atoms with Crippen LogP contribution in [0.25, 0.3) is 0 Å². The lowest BCUT2D eigenvalue weighted by molar-refractivity contribution is -0.385. The van der Waals surface area contributed by atoms with E-state index in [1.807, 2.05) is 0 Å². The molecule has 0 saturated carbocycles. The Morgan fingerprint density at radius 2 is 1.86 bits per heavy atom. The van der Waals surface area contributed by atoms with Gasteiger partial charge in [-0.3, -0.25) is 14.9 Å². The van der Waals surface area contributed by atoms with Gasteiger partial charge in [-0.2, -0.15) is 0 Å². The SMILES string of the molecule is CC(=O)c1ccc(Oc2ccc(F)c(Cl)c2)cc1[N+](=O)[O-]. The van der Waals surface area contributed by atoms with E-state index in [1.54, 1.807) is 0 Å². The third kappa shape index (κ3) is 3.35. The van der Waals surface area contributed by atoms with E-state index in [1.165, 1.54) is 31.2 Å². The van der Waals surface area contributed by atoms with Crippen molar-refractivity contribution in [1.82, 2.24) is 0 Å². The molecule has 0 N–H and O–H groups in total. The van der Waals surface area contributed by atoms with Gasteiger partial charge >= 0.3 is 0 Å². The zero-order chi connectivity index (χ0) is 15.6. The van der Waals surface area contributed by atoms with Gasteiger partial charge in [0.05, 0.1) is 21.6 Å². The predicted molar refractivity (Wildman–Crippen MR) is 74.6 cm³/mol. The van der Waals surface area contributed by atoms with E-state index in [0.29, 0.717) is 0 Å². The molecule has 2 rings (SSSR count). The van der Waals surface area contributed by atoms with Crippen molar-refractivity contribution in [2.75, 3.05) is 0 Å². The number of nitro groups is 1. The first-order valence-electron chi connectivity index (χ1n) is 5.81. The summed E-state index contributed by atoms with van der Waals surface area (Å²) in [5, 5.41) is 10.8. The molecule has 0 atom stereocenters. The highest BCUT2D eigenvalue weighted by molar-refractivity contribution is 6.30. The summed E-state index contributed by atoms with van der Waals surface area (Å²) in [6, 6.07) is 7.57. The molecule has 7 heteroatoms. The number of carbonyl (C=O) groups is 1. The minimum Gasteiger partial charge on any atom is -0.457 e. The largest absolute Gasteiger partial charge is 0.457 e. The molecule has 5 nitrogen and oxygen atoms in total. The molecular weight excluding hydrogens is 301 g/mol. The van der Waals surface area contributed by atoms with E-state index in [-0.39, 0.29) is 27.8 Å². The molecule has 0 heterocycles. The fourth-order valence-electron chi connectivity index (χ4n) is 1.70. The van der Waals surface area contributed by atoms with E-state index in [2.05, 4.69) is 0 Å². The van der Waals surface area contributed by atoms with E-state index in [0.717, 1.165) is 12.1 Å². The van der Waals surface area contributed by atoms with Crippen molar-refractivity contribution in [2.24, 2.45) is 0 Å². The summed E-state index contributed by atoms with van der Waals surface area (Å²) in [5.41, 5.74) is -0.363. The topological polar surface area (TPSA) is 69.4 Å².